The Labute approximate surface area is 170 Å². The normalized spacial score (nSPS) is 19.0. The van der Waals surface area contributed by atoms with Gasteiger partial charge in [0.1, 0.15) is 0 Å². The van der Waals surface area contributed by atoms with Crippen molar-refractivity contribution < 1.29 is 9.59 Å². The van der Waals surface area contributed by atoms with Crippen LogP contribution in [0, 0.1) is 11.8 Å². The number of carbonyl (C=O) groups excluding carboxylic acids is 2. The molecule has 1 aliphatic carbocycles. The molecule has 28 heavy (non-hydrogen) atoms. The number of hydrogen-bond acceptors (Lipinski definition) is 3. The van der Waals surface area contributed by atoms with Gasteiger partial charge in [-0.1, -0.05) is 29.8 Å². The van der Waals surface area contributed by atoms with Crippen LogP contribution < -0.4 is 10.6 Å². The summed E-state index contributed by atoms with van der Waals surface area (Å²) >= 11 is 5.98. The van der Waals surface area contributed by atoms with Crippen LogP contribution in [0.3, 0.4) is 0 Å². The van der Waals surface area contributed by atoms with Crippen molar-refractivity contribution >= 4 is 23.4 Å². The van der Waals surface area contributed by atoms with Gasteiger partial charge in [0.15, 0.2) is 0 Å². The van der Waals surface area contributed by atoms with Gasteiger partial charge >= 0.3 is 0 Å². The van der Waals surface area contributed by atoms with Gasteiger partial charge in [-0.2, -0.15) is 0 Å². The van der Waals surface area contributed by atoms with E-state index < -0.39 is 0 Å². The Balaban J connectivity index is 1.35. The predicted molar refractivity (Wildman–Crippen MR) is 110 cm³/mol. The number of nitrogens with zero attached hydrogens (tertiary/aromatic N) is 1. The smallest absolute Gasteiger partial charge is 0.223 e. The largest absolute Gasteiger partial charge is 0.356 e. The van der Waals surface area contributed by atoms with E-state index in [0.717, 1.165) is 43.2 Å². The first-order valence-corrected chi connectivity index (χ1v) is 10.2. The number of amides is 2. The average molecular weight is 400 g/mol. The first-order chi connectivity index (χ1) is 13.6. The number of benzene rings is 1. The van der Waals surface area contributed by atoms with Gasteiger partial charge in [-0.3, -0.25) is 14.6 Å². The van der Waals surface area contributed by atoms with Crippen molar-refractivity contribution in [1.82, 2.24) is 15.6 Å². The standard InChI is InChI=1S/C22H26ClN3O2/c23-20-5-1-3-16(13-20)10-12-25-21(27)18-6-8-19(9-7-18)22(28)26-15-17-4-2-11-24-14-17/h1-5,11,13-14,18-19H,6-10,12,15H2,(H,25,27)(H,26,28). The molecule has 148 valence electrons. The van der Waals surface area contributed by atoms with Gasteiger partial charge in [-0.15, -0.1) is 0 Å². The first kappa shape index (κ1) is 20.3. The fourth-order valence-corrected chi connectivity index (χ4v) is 3.83. The molecule has 1 aliphatic rings. The third-order valence-electron chi connectivity index (χ3n) is 5.26. The molecular weight excluding hydrogens is 374 g/mol. The highest BCUT2D eigenvalue weighted by Crippen LogP contribution is 2.29. The summed E-state index contributed by atoms with van der Waals surface area (Å²) in [6, 6.07) is 11.5. The number of aromatic nitrogens is 1. The van der Waals surface area contributed by atoms with Crippen molar-refractivity contribution in [3.05, 3.63) is 64.9 Å². The lowest BCUT2D eigenvalue weighted by atomic mass is 9.81. The Hall–Kier alpha value is -2.40. The van der Waals surface area contributed by atoms with Crippen LogP contribution in [0.2, 0.25) is 5.02 Å². The third-order valence-corrected chi connectivity index (χ3v) is 5.50. The van der Waals surface area contributed by atoms with Crippen LogP contribution in [-0.2, 0) is 22.6 Å². The summed E-state index contributed by atoms with van der Waals surface area (Å²) in [5.41, 5.74) is 2.10. The van der Waals surface area contributed by atoms with Crippen molar-refractivity contribution in [3.63, 3.8) is 0 Å². The molecule has 6 heteroatoms. The molecule has 0 aliphatic heterocycles. The van der Waals surface area contributed by atoms with Gasteiger partial charge in [0.05, 0.1) is 0 Å². The number of nitrogens with one attached hydrogen (secondary N) is 2. The molecule has 3 rings (SSSR count). The lowest BCUT2D eigenvalue weighted by molar-refractivity contribution is -0.130. The molecule has 0 atom stereocenters. The molecule has 1 aromatic carbocycles. The number of pyridine rings is 1. The monoisotopic (exact) mass is 399 g/mol. The molecule has 2 N–H and O–H groups in total. The molecule has 0 radical (unpaired) electrons. The molecule has 1 heterocycles. The highest BCUT2D eigenvalue weighted by Gasteiger charge is 2.29. The zero-order valence-electron chi connectivity index (χ0n) is 15.9. The minimum atomic E-state index is -0.00724. The minimum absolute atomic E-state index is 0.00161. The molecule has 1 fully saturated rings. The highest BCUT2D eigenvalue weighted by atomic mass is 35.5. The van der Waals surface area contributed by atoms with E-state index >= 15 is 0 Å². The summed E-state index contributed by atoms with van der Waals surface area (Å²) in [5, 5.41) is 6.71. The fourth-order valence-electron chi connectivity index (χ4n) is 3.62. The van der Waals surface area contributed by atoms with E-state index in [2.05, 4.69) is 15.6 Å². The Kier molecular flexibility index (Phi) is 7.43. The molecule has 2 amide bonds. The molecule has 0 saturated heterocycles. The van der Waals surface area contributed by atoms with Crippen molar-refractivity contribution in [3.8, 4) is 0 Å². The van der Waals surface area contributed by atoms with E-state index in [1.165, 1.54) is 0 Å². The first-order valence-electron chi connectivity index (χ1n) is 9.80. The van der Waals surface area contributed by atoms with E-state index in [4.69, 9.17) is 11.6 Å². The SMILES string of the molecule is O=C(NCCc1cccc(Cl)c1)C1CCC(C(=O)NCc2cccnc2)CC1. The van der Waals surface area contributed by atoms with Crippen LogP contribution in [0.4, 0.5) is 0 Å². The molecular formula is C22H26ClN3O2. The second-order valence-electron chi connectivity index (χ2n) is 7.30. The Morgan fingerprint density at radius 2 is 1.64 bits per heavy atom. The quantitative estimate of drug-likeness (QED) is 0.748. The van der Waals surface area contributed by atoms with Gasteiger partial charge in [0.2, 0.25) is 11.8 Å². The summed E-state index contributed by atoms with van der Waals surface area (Å²) in [4.78, 5) is 28.8. The second-order valence-corrected chi connectivity index (χ2v) is 7.74. The number of carbonyl (C=O) groups is 2. The minimum Gasteiger partial charge on any atom is -0.356 e. The molecule has 0 spiro atoms. The predicted octanol–water partition coefficient (Wildman–Crippen LogP) is 3.52. The summed E-state index contributed by atoms with van der Waals surface area (Å²) < 4.78 is 0. The van der Waals surface area contributed by atoms with Gasteiger partial charge < -0.3 is 10.6 Å². The van der Waals surface area contributed by atoms with Crippen LogP contribution in [-0.4, -0.2) is 23.3 Å². The molecule has 1 saturated carbocycles. The van der Waals surface area contributed by atoms with Crippen LogP contribution in [0.15, 0.2) is 48.8 Å². The number of hydrogen-bond donors (Lipinski definition) is 2. The van der Waals surface area contributed by atoms with Gasteiger partial charge in [0.25, 0.3) is 0 Å². The summed E-state index contributed by atoms with van der Waals surface area (Å²) in [5.74, 6) is 0.161. The topological polar surface area (TPSA) is 71.1 Å². The zero-order valence-corrected chi connectivity index (χ0v) is 16.6. The van der Waals surface area contributed by atoms with Crippen molar-refractivity contribution in [1.29, 1.82) is 0 Å². The maximum absolute atomic E-state index is 12.4. The maximum Gasteiger partial charge on any atom is 0.223 e. The van der Waals surface area contributed by atoms with Crippen molar-refractivity contribution in [2.45, 2.75) is 38.6 Å². The molecule has 1 aromatic heterocycles. The number of rotatable bonds is 7. The van der Waals surface area contributed by atoms with E-state index in [1.54, 1.807) is 12.4 Å². The van der Waals surface area contributed by atoms with Crippen LogP contribution in [0.5, 0.6) is 0 Å². The van der Waals surface area contributed by atoms with Gasteiger partial charge in [-0.25, -0.2) is 0 Å². The molecule has 5 nitrogen and oxygen atoms in total. The van der Waals surface area contributed by atoms with Crippen molar-refractivity contribution in [2.24, 2.45) is 11.8 Å². The lowest BCUT2D eigenvalue weighted by Crippen LogP contribution is -2.37. The Morgan fingerprint density at radius 3 is 2.29 bits per heavy atom. The highest BCUT2D eigenvalue weighted by molar-refractivity contribution is 6.30. The Morgan fingerprint density at radius 1 is 0.964 bits per heavy atom. The van der Waals surface area contributed by atoms with Gasteiger partial charge in [0, 0.05) is 42.3 Å². The van der Waals surface area contributed by atoms with E-state index in [1.807, 2.05) is 36.4 Å². The van der Waals surface area contributed by atoms with E-state index in [9.17, 15) is 9.59 Å². The summed E-state index contributed by atoms with van der Waals surface area (Å²) in [6.07, 6.45) is 7.26. The third kappa shape index (κ3) is 6.06. The van der Waals surface area contributed by atoms with Crippen LogP contribution in [0.25, 0.3) is 0 Å². The van der Waals surface area contributed by atoms with Crippen LogP contribution in [0.1, 0.15) is 36.8 Å². The van der Waals surface area contributed by atoms with Crippen molar-refractivity contribution in [2.75, 3.05) is 6.54 Å². The second kappa shape index (κ2) is 10.2. The molecule has 0 unspecified atom stereocenters. The van der Waals surface area contributed by atoms with E-state index in [0.29, 0.717) is 18.1 Å². The maximum atomic E-state index is 12.4. The summed E-state index contributed by atoms with van der Waals surface area (Å²) in [7, 11) is 0. The average Bonchev–Trinajstić information content (AvgIpc) is 2.73. The summed E-state index contributed by atoms with van der Waals surface area (Å²) in [6.45, 7) is 1.10. The fraction of sp³-hybridized carbons (Fsp3) is 0.409. The molecule has 2 aromatic rings. The molecule has 0 bridgehead atoms. The zero-order chi connectivity index (χ0) is 19.8. The van der Waals surface area contributed by atoms with E-state index in [-0.39, 0.29) is 23.7 Å². The van der Waals surface area contributed by atoms with Gasteiger partial charge in [-0.05, 0) is 61.4 Å². The Bertz CT molecular complexity index is 789. The lowest BCUT2D eigenvalue weighted by Gasteiger charge is -2.27. The van der Waals surface area contributed by atoms with Crippen LogP contribution >= 0.6 is 11.6 Å². The number of halogens is 1.